The summed E-state index contributed by atoms with van der Waals surface area (Å²) >= 11 is 0. The molecule has 1 aliphatic heterocycles. The van der Waals surface area contributed by atoms with Gasteiger partial charge >= 0.3 is 12.1 Å². The summed E-state index contributed by atoms with van der Waals surface area (Å²) in [5, 5.41) is 15.1. The number of alkyl halides is 3. The van der Waals surface area contributed by atoms with E-state index < -0.39 is 18.0 Å². The highest BCUT2D eigenvalue weighted by molar-refractivity contribution is 5.95. The summed E-state index contributed by atoms with van der Waals surface area (Å²) in [5.74, 6) is -3.61. The summed E-state index contributed by atoms with van der Waals surface area (Å²) in [5.41, 5.74) is 2.25. The van der Waals surface area contributed by atoms with Gasteiger partial charge in [0.25, 0.3) is 11.5 Å². The minimum absolute atomic E-state index is 0.0586. The molecule has 3 heterocycles. The molecule has 3 N–H and O–H groups in total. The predicted molar refractivity (Wildman–Crippen MR) is 135 cm³/mol. The van der Waals surface area contributed by atoms with Crippen molar-refractivity contribution in [2.24, 2.45) is 0 Å². The number of benzene rings is 2. The van der Waals surface area contributed by atoms with Gasteiger partial charge < -0.3 is 15.0 Å². The molecule has 1 fully saturated rings. The minimum Gasteiger partial charge on any atom is -0.475 e. The van der Waals surface area contributed by atoms with Gasteiger partial charge in [0, 0.05) is 56.4 Å². The Bertz CT molecular complexity index is 1550. The van der Waals surface area contributed by atoms with Crippen molar-refractivity contribution >= 4 is 22.6 Å². The Labute approximate surface area is 224 Å². The van der Waals surface area contributed by atoms with E-state index in [1.807, 2.05) is 12.1 Å². The van der Waals surface area contributed by atoms with Crippen molar-refractivity contribution < 1.29 is 32.3 Å². The maximum Gasteiger partial charge on any atom is 0.490 e. The van der Waals surface area contributed by atoms with E-state index in [4.69, 9.17) is 9.90 Å². The number of aromatic nitrogens is 4. The smallest absolute Gasteiger partial charge is 0.475 e. The van der Waals surface area contributed by atoms with Crippen LogP contribution in [0.25, 0.3) is 10.8 Å². The molecule has 40 heavy (non-hydrogen) atoms. The van der Waals surface area contributed by atoms with Gasteiger partial charge in [0.1, 0.15) is 5.82 Å². The Morgan fingerprint density at radius 2 is 1.70 bits per heavy atom. The molecule has 0 unspecified atom stereocenters. The monoisotopic (exact) mass is 560 g/mol. The third kappa shape index (κ3) is 6.88. The maximum absolute atomic E-state index is 14.6. The number of hydrogen-bond acceptors (Lipinski definition) is 6. The first-order valence-electron chi connectivity index (χ1n) is 12.1. The van der Waals surface area contributed by atoms with Crippen LogP contribution in [0.4, 0.5) is 17.6 Å². The highest BCUT2D eigenvalue weighted by Gasteiger charge is 2.38. The minimum atomic E-state index is -5.08. The lowest BCUT2D eigenvalue weighted by molar-refractivity contribution is -0.192. The first kappa shape index (κ1) is 28.4. The summed E-state index contributed by atoms with van der Waals surface area (Å²) < 4.78 is 46.4. The van der Waals surface area contributed by atoms with E-state index >= 15 is 0 Å². The Balaban J connectivity index is 0.000000470. The van der Waals surface area contributed by atoms with Crippen LogP contribution in [0.3, 0.4) is 0 Å². The molecule has 10 nitrogen and oxygen atoms in total. The number of carboxylic acid groups (broad SMARTS) is 1. The predicted octanol–water partition coefficient (Wildman–Crippen LogP) is 2.97. The number of carbonyl (C=O) groups is 2. The number of carbonyl (C=O) groups excluding carboxylic acids is 1. The summed E-state index contributed by atoms with van der Waals surface area (Å²) in [7, 11) is 0. The maximum atomic E-state index is 14.6. The zero-order chi connectivity index (χ0) is 28.9. The van der Waals surface area contributed by atoms with Gasteiger partial charge in [0.05, 0.1) is 23.0 Å². The van der Waals surface area contributed by atoms with Crippen molar-refractivity contribution in [3.05, 3.63) is 93.7 Å². The Hall–Kier alpha value is -4.59. The molecule has 0 saturated carbocycles. The molecule has 14 heteroatoms. The number of fused-ring (bicyclic) bond motifs is 1. The number of imidazole rings is 1. The first-order valence-corrected chi connectivity index (χ1v) is 12.1. The third-order valence-electron chi connectivity index (χ3n) is 6.26. The molecule has 1 amide bonds. The van der Waals surface area contributed by atoms with Crippen LogP contribution in [0.2, 0.25) is 0 Å². The van der Waals surface area contributed by atoms with Crippen LogP contribution in [0.1, 0.15) is 27.3 Å². The fourth-order valence-electron chi connectivity index (χ4n) is 4.24. The van der Waals surface area contributed by atoms with E-state index in [9.17, 15) is 27.2 Å². The van der Waals surface area contributed by atoms with Crippen LogP contribution in [-0.4, -0.2) is 79.3 Å². The molecule has 1 aliphatic rings. The van der Waals surface area contributed by atoms with Crippen LogP contribution in [0.15, 0.2) is 59.8 Å². The molecule has 2 aromatic heterocycles. The van der Waals surface area contributed by atoms with E-state index in [0.717, 1.165) is 23.2 Å². The Kier molecular flexibility index (Phi) is 8.58. The molecule has 0 atom stereocenters. The van der Waals surface area contributed by atoms with Crippen LogP contribution >= 0.6 is 0 Å². The zero-order valence-electron chi connectivity index (χ0n) is 20.9. The lowest BCUT2D eigenvalue weighted by atomic mass is 10.0. The highest BCUT2D eigenvalue weighted by atomic mass is 19.4. The average molecular weight is 561 g/mol. The van der Waals surface area contributed by atoms with Crippen molar-refractivity contribution in [1.29, 1.82) is 0 Å². The van der Waals surface area contributed by atoms with Crippen molar-refractivity contribution in [3.63, 3.8) is 0 Å². The number of aromatic amines is 2. The number of carboxylic acids is 1. The second-order valence-corrected chi connectivity index (χ2v) is 8.98. The fraction of sp³-hybridized carbons (Fsp3) is 0.269. The number of H-pyrrole nitrogens is 2. The number of amides is 1. The zero-order valence-corrected chi connectivity index (χ0v) is 20.9. The molecular formula is C26H24F4N6O4. The standard InChI is InChI=1S/C24H23FN6O2.C2HF3O2/c25-21-6-5-16(12-22-18-3-1-2-4-19(18)23(32)29-28-22)11-20(21)24(33)31-9-7-30(8-10-31)14-17-13-26-15-27-17;3-2(4,5)1(6)7/h1-6,11,13,15H,7-10,12,14H2,(H,26,27)(H,29,32);(H,6,7). The van der Waals surface area contributed by atoms with Gasteiger partial charge in [-0.05, 0) is 23.8 Å². The largest absolute Gasteiger partial charge is 0.490 e. The van der Waals surface area contributed by atoms with Gasteiger partial charge in [0.15, 0.2) is 0 Å². The quantitative estimate of drug-likeness (QED) is 0.320. The van der Waals surface area contributed by atoms with Gasteiger partial charge in [-0.15, -0.1) is 0 Å². The van der Waals surface area contributed by atoms with Gasteiger partial charge in [-0.1, -0.05) is 24.3 Å². The number of nitrogens with zero attached hydrogens (tertiary/aromatic N) is 4. The third-order valence-corrected chi connectivity index (χ3v) is 6.26. The second-order valence-electron chi connectivity index (χ2n) is 8.98. The lowest BCUT2D eigenvalue weighted by Crippen LogP contribution is -2.48. The Morgan fingerprint density at radius 1 is 1.02 bits per heavy atom. The number of halogens is 4. The molecular weight excluding hydrogens is 536 g/mol. The molecule has 0 radical (unpaired) electrons. The highest BCUT2D eigenvalue weighted by Crippen LogP contribution is 2.20. The van der Waals surface area contributed by atoms with Crippen molar-refractivity contribution in [1.82, 2.24) is 30.0 Å². The molecule has 1 saturated heterocycles. The van der Waals surface area contributed by atoms with E-state index in [-0.39, 0.29) is 17.0 Å². The summed E-state index contributed by atoms with van der Waals surface area (Å²) in [6.45, 7) is 3.22. The molecule has 5 rings (SSSR count). The Morgan fingerprint density at radius 3 is 2.33 bits per heavy atom. The molecule has 4 aromatic rings. The molecule has 2 aromatic carbocycles. The second kappa shape index (κ2) is 12.1. The number of aliphatic carboxylic acids is 1. The van der Waals surface area contributed by atoms with E-state index in [1.165, 1.54) is 6.07 Å². The van der Waals surface area contributed by atoms with Crippen LogP contribution in [-0.2, 0) is 17.8 Å². The SMILES string of the molecule is O=C(O)C(F)(F)F.O=C(c1cc(Cc2n[nH]c(=O)c3ccccc23)ccc1F)N1CCN(Cc2cnc[nH]2)CC1. The van der Waals surface area contributed by atoms with Gasteiger partial charge in [-0.25, -0.2) is 19.3 Å². The van der Waals surface area contributed by atoms with Crippen molar-refractivity contribution in [2.45, 2.75) is 19.1 Å². The molecule has 0 spiro atoms. The van der Waals surface area contributed by atoms with E-state index in [1.54, 1.807) is 41.7 Å². The van der Waals surface area contributed by atoms with Gasteiger partial charge in [0.2, 0.25) is 0 Å². The van der Waals surface area contributed by atoms with Crippen molar-refractivity contribution in [2.75, 3.05) is 26.2 Å². The van der Waals surface area contributed by atoms with E-state index in [0.29, 0.717) is 43.7 Å². The van der Waals surface area contributed by atoms with Gasteiger partial charge in [-0.3, -0.25) is 14.5 Å². The van der Waals surface area contributed by atoms with Crippen LogP contribution in [0, 0.1) is 5.82 Å². The topological polar surface area (TPSA) is 135 Å². The van der Waals surface area contributed by atoms with E-state index in [2.05, 4.69) is 25.1 Å². The normalized spacial score (nSPS) is 14.1. The van der Waals surface area contributed by atoms with Crippen LogP contribution < -0.4 is 5.56 Å². The number of piperazine rings is 1. The number of nitrogens with one attached hydrogen (secondary N) is 2. The first-order chi connectivity index (χ1) is 19.0. The van der Waals surface area contributed by atoms with Crippen molar-refractivity contribution in [3.8, 4) is 0 Å². The number of hydrogen-bond donors (Lipinski definition) is 3. The van der Waals surface area contributed by atoms with Crippen LogP contribution in [0.5, 0.6) is 0 Å². The summed E-state index contributed by atoms with van der Waals surface area (Å²) in [6.07, 6.45) is -1.27. The molecule has 210 valence electrons. The molecule has 0 aliphatic carbocycles. The molecule has 0 bridgehead atoms. The fourth-order valence-corrected chi connectivity index (χ4v) is 4.24. The van der Waals surface area contributed by atoms with Gasteiger partial charge in [-0.2, -0.15) is 18.3 Å². The number of rotatable bonds is 5. The summed E-state index contributed by atoms with van der Waals surface area (Å²) in [4.78, 5) is 45.1. The average Bonchev–Trinajstić information content (AvgIpc) is 3.44. The summed E-state index contributed by atoms with van der Waals surface area (Å²) in [6, 6.07) is 11.8. The lowest BCUT2D eigenvalue weighted by Gasteiger charge is -2.34.